The van der Waals surface area contributed by atoms with E-state index in [9.17, 15) is 9.59 Å². The van der Waals surface area contributed by atoms with E-state index in [2.05, 4.69) is 17.3 Å². The van der Waals surface area contributed by atoms with Gasteiger partial charge in [0, 0.05) is 7.05 Å². The Bertz CT molecular complexity index is 576. The summed E-state index contributed by atoms with van der Waals surface area (Å²) >= 11 is 0. The van der Waals surface area contributed by atoms with Gasteiger partial charge < -0.3 is 10.2 Å². The van der Waals surface area contributed by atoms with Gasteiger partial charge in [0.05, 0.1) is 17.9 Å². The maximum atomic E-state index is 12.5. The van der Waals surface area contributed by atoms with Crippen molar-refractivity contribution >= 4 is 11.8 Å². The number of aromatic nitrogens is 2. The fourth-order valence-electron chi connectivity index (χ4n) is 3.01. The third-order valence-electron chi connectivity index (χ3n) is 4.41. The van der Waals surface area contributed by atoms with Crippen LogP contribution in [0.3, 0.4) is 0 Å². The van der Waals surface area contributed by atoms with E-state index < -0.39 is 6.04 Å². The summed E-state index contributed by atoms with van der Waals surface area (Å²) in [6.45, 7) is 4.26. The molecule has 3 rings (SSSR count). The Balaban J connectivity index is 1.86. The van der Waals surface area contributed by atoms with E-state index in [4.69, 9.17) is 0 Å². The summed E-state index contributed by atoms with van der Waals surface area (Å²) in [4.78, 5) is 26.5. The van der Waals surface area contributed by atoms with Crippen molar-refractivity contribution < 1.29 is 9.59 Å². The smallest absolute Gasteiger partial charge is 0.245 e. The monoisotopic (exact) mass is 290 g/mol. The van der Waals surface area contributed by atoms with Crippen LogP contribution in [0.1, 0.15) is 38.1 Å². The molecule has 2 unspecified atom stereocenters. The Kier molecular flexibility index (Phi) is 3.47. The van der Waals surface area contributed by atoms with Gasteiger partial charge in [0.2, 0.25) is 11.8 Å². The quantitative estimate of drug-likeness (QED) is 0.883. The molecule has 21 heavy (non-hydrogen) atoms. The zero-order chi connectivity index (χ0) is 15.1. The van der Waals surface area contributed by atoms with Crippen LogP contribution >= 0.6 is 0 Å². The van der Waals surface area contributed by atoms with Gasteiger partial charge in [-0.05, 0) is 38.2 Å². The van der Waals surface area contributed by atoms with Crippen LogP contribution in [-0.2, 0) is 29.6 Å². The van der Waals surface area contributed by atoms with Crippen molar-refractivity contribution in [3.63, 3.8) is 0 Å². The third kappa shape index (κ3) is 2.54. The highest BCUT2D eigenvalue weighted by atomic mass is 16.2. The van der Waals surface area contributed by atoms with Crippen LogP contribution in [0.2, 0.25) is 0 Å². The number of carbonyl (C=O) groups excluding carboxylic acids is 2. The lowest BCUT2D eigenvalue weighted by Crippen LogP contribution is -2.62. The van der Waals surface area contributed by atoms with Gasteiger partial charge in [-0.15, -0.1) is 0 Å². The highest BCUT2D eigenvalue weighted by Gasteiger charge is 2.46. The van der Waals surface area contributed by atoms with Gasteiger partial charge in [-0.25, -0.2) is 0 Å². The van der Waals surface area contributed by atoms with Crippen molar-refractivity contribution in [2.24, 2.45) is 13.0 Å². The number of amides is 2. The second-order valence-electron chi connectivity index (χ2n) is 6.08. The molecule has 0 aromatic carbocycles. The van der Waals surface area contributed by atoms with Gasteiger partial charge in [0.1, 0.15) is 12.1 Å². The molecule has 1 N–H and O–H groups in total. The standard InChI is InChI=1S/C15H22N4O2/c1-4-11-7-12(18(3)17-11)8-19-13(10-5-6-10)14(20)16-9(2)15(19)21/h7,9-10,13H,4-6,8H2,1-3H3,(H,16,20). The number of aryl methyl sites for hydroxylation is 2. The van der Waals surface area contributed by atoms with E-state index in [1.54, 1.807) is 11.8 Å². The third-order valence-corrected chi connectivity index (χ3v) is 4.41. The molecule has 6 heteroatoms. The first-order chi connectivity index (χ1) is 10.0. The molecule has 2 amide bonds. The lowest BCUT2D eigenvalue weighted by atomic mass is 10.0. The number of nitrogens with one attached hydrogen (secondary N) is 1. The van der Waals surface area contributed by atoms with Crippen LogP contribution in [-0.4, -0.2) is 38.6 Å². The maximum absolute atomic E-state index is 12.5. The average molecular weight is 290 g/mol. The number of piperazine rings is 1. The van der Waals surface area contributed by atoms with Gasteiger partial charge in [-0.3, -0.25) is 14.3 Å². The molecule has 1 saturated heterocycles. The molecule has 0 spiro atoms. The number of hydrogen-bond acceptors (Lipinski definition) is 3. The SMILES string of the molecule is CCc1cc(CN2C(=O)C(C)NC(=O)C2C2CC2)n(C)n1. The van der Waals surface area contributed by atoms with Gasteiger partial charge in [0.15, 0.2) is 0 Å². The Morgan fingerprint density at radius 3 is 2.67 bits per heavy atom. The summed E-state index contributed by atoms with van der Waals surface area (Å²) in [6.07, 6.45) is 2.93. The van der Waals surface area contributed by atoms with Crippen LogP contribution in [0.4, 0.5) is 0 Å². The van der Waals surface area contributed by atoms with E-state index in [-0.39, 0.29) is 17.9 Å². The molecular formula is C15H22N4O2. The lowest BCUT2D eigenvalue weighted by Gasteiger charge is -2.38. The fourth-order valence-corrected chi connectivity index (χ4v) is 3.01. The summed E-state index contributed by atoms with van der Waals surface area (Å²) in [5.74, 6) is 0.313. The molecule has 1 aliphatic carbocycles. The van der Waals surface area contributed by atoms with Crippen LogP contribution in [0.5, 0.6) is 0 Å². The highest BCUT2D eigenvalue weighted by molar-refractivity contribution is 5.97. The summed E-state index contributed by atoms with van der Waals surface area (Å²) in [5.41, 5.74) is 1.99. The number of carbonyl (C=O) groups is 2. The van der Waals surface area contributed by atoms with Crippen molar-refractivity contribution in [2.45, 2.75) is 51.7 Å². The molecule has 1 aromatic rings. The van der Waals surface area contributed by atoms with E-state index in [0.29, 0.717) is 12.5 Å². The van der Waals surface area contributed by atoms with Gasteiger partial charge in [0.25, 0.3) is 0 Å². The van der Waals surface area contributed by atoms with Crippen molar-refractivity contribution in [2.75, 3.05) is 0 Å². The van der Waals surface area contributed by atoms with E-state index in [1.165, 1.54) is 0 Å². The minimum absolute atomic E-state index is 0.00532. The molecular weight excluding hydrogens is 268 g/mol. The molecule has 1 aliphatic heterocycles. The van der Waals surface area contributed by atoms with Crippen molar-refractivity contribution in [3.05, 3.63) is 17.5 Å². The van der Waals surface area contributed by atoms with Gasteiger partial charge in [-0.2, -0.15) is 5.10 Å². The molecule has 1 aromatic heterocycles. The number of hydrogen-bond donors (Lipinski definition) is 1. The van der Waals surface area contributed by atoms with Crippen molar-refractivity contribution in [3.8, 4) is 0 Å². The lowest BCUT2D eigenvalue weighted by molar-refractivity contribution is -0.150. The Morgan fingerprint density at radius 1 is 1.38 bits per heavy atom. The van der Waals surface area contributed by atoms with Crippen LogP contribution < -0.4 is 5.32 Å². The van der Waals surface area contributed by atoms with E-state index in [1.807, 2.05) is 17.8 Å². The predicted molar refractivity (Wildman–Crippen MR) is 77.3 cm³/mol. The number of rotatable bonds is 4. The summed E-state index contributed by atoms with van der Waals surface area (Å²) in [7, 11) is 1.89. The Labute approximate surface area is 124 Å². The zero-order valence-electron chi connectivity index (χ0n) is 12.8. The Hall–Kier alpha value is -1.85. The molecule has 2 atom stereocenters. The van der Waals surface area contributed by atoms with E-state index in [0.717, 1.165) is 30.7 Å². The minimum Gasteiger partial charge on any atom is -0.343 e. The molecule has 114 valence electrons. The second kappa shape index (κ2) is 5.16. The van der Waals surface area contributed by atoms with Gasteiger partial charge >= 0.3 is 0 Å². The van der Waals surface area contributed by atoms with Crippen molar-refractivity contribution in [1.29, 1.82) is 0 Å². The van der Waals surface area contributed by atoms with Crippen LogP contribution in [0, 0.1) is 5.92 Å². The molecule has 2 heterocycles. The molecule has 6 nitrogen and oxygen atoms in total. The summed E-state index contributed by atoms with van der Waals surface area (Å²) in [5, 5.41) is 7.22. The molecule has 2 aliphatic rings. The van der Waals surface area contributed by atoms with Crippen molar-refractivity contribution in [1.82, 2.24) is 20.0 Å². The van der Waals surface area contributed by atoms with Crippen LogP contribution in [0.15, 0.2) is 6.07 Å². The average Bonchev–Trinajstić information content (AvgIpc) is 3.20. The highest BCUT2D eigenvalue weighted by Crippen LogP contribution is 2.37. The second-order valence-corrected chi connectivity index (χ2v) is 6.08. The predicted octanol–water partition coefficient (Wildman–Crippen LogP) is 0.608. The van der Waals surface area contributed by atoms with Crippen LogP contribution in [0.25, 0.3) is 0 Å². The zero-order valence-corrected chi connectivity index (χ0v) is 12.8. The maximum Gasteiger partial charge on any atom is 0.245 e. The molecule has 0 bridgehead atoms. The molecule has 1 saturated carbocycles. The largest absolute Gasteiger partial charge is 0.343 e. The number of nitrogens with zero attached hydrogens (tertiary/aromatic N) is 3. The normalized spacial score (nSPS) is 26.1. The Morgan fingerprint density at radius 2 is 2.10 bits per heavy atom. The first-order valence-corrected chi connectivity index (χ1v) is 7.64. The first-order valence-electron chi connectivity index (χ1n) is 7.64. The fraction of sp³-hybridized carbons (Fsp3) is 0.667. The minimum atomic E-state index is -0.439. The summed E-state index contributed by atoms with van der Waals surface area (Å²) < 4.78 is 1.81. The summed E-state index contributed by atoms with van der Waals surface area (Å²) in [6, 6.07) is 1.27. The topological polar surface area (TPSA) is 67.2 Å². The van der Waals surface area contributed by atoms with E-state index >= 15 is 0 Å². The van der Waals surface area contributed by atoms with Gasteiger partial charge in [-0.1, -0.05) is 6.92 Å². The first kappa shape index (κ1) is 14.1. The molecule has 0 radical (unpaired) electrons. The molecule has 2 fully saturated rings.